The Morgan fingerprint density at radius 1 is 0.636 bits per heavy atom. The maximum Gasteiger partial charge on any atom is 0.207 e. The number of hydrogen-bond donors (Lipinski definition) is 2. The Hall–Kier alpha value is -1.69. The highest BCUT2D eigenvalue weighted by molar-refractivity contribution is 7.91. The van der Waals surface area contributed by atoms with E-state index < -0.39 is 21.0 Å². The standard InChI is InChI=1S/C28H42O4S/c1-5-27(29,6-2)21-13-17-23-15-9-11-19-25(23)33(31,32)26-20-12-10-16-24(26)18-14-22-28(30,7-3)8-4/h9-12,15-16,19-20,29-30H,5-8,13-14,17-18,21-22H2,1-4H3. The largest absolute Gasteiger partial charge is 0.390 e. The van der Waals surface area contributed by atoms with Gasteiger partial charge in [0.1, 0.15) is 0 Å². The maximum absolute atomic E-state index is 13.7. The molecule has 5 heteroatoms. The highest BCUT2D eigenvalue weighted by Gasteiger charge is 2.26. The average Bonchev–Trinajstić information content (AvgIpc) is 2.84. The van der Waals surface area contributed by atoms with E-state index in [0.29, 0.717) is 61.2 Å². The second-order valence-electron chi connectivity index (χ2n) is 9.29. The van der Waals surface area contributed by atoms with Gasteiger partial charge in [-0.1, -0.05) is 64.1 Å². The molecule has 0 spiro atoms. The minimum absolute atomic E-state index is 0.354. The van der Waals surface area contributed by atoms with E-state index in [2.05, 4.69) is 0 Å². The molecule has 0 heterocycles. The molecule has 0 aromatic heterocycles. The lowest BCUT2D eigenvalue weighted by atomic mass is 9.90. The SMILES string of the molecule is CCC(O)(CC)CCCc1ccccc1S(=O)(=O)c1ccccc1CCCC(O)(CC)CC. The summed E-state index contributed by atoms with van der Waals surface area (Å²) < 4.78 is 27.4. The monoisotopic (exact) mass is 474 g/mol. The van der Waals surface area contributed by atoms with Crippen LogP contribution in [0.25, 0.3) is 0 Å². The fourth-order valence-corrected chi connectivity index (χ4v) is 6.27. The third-order valence-corrected chi connectivity index (χ3v) is 9.29. The number of sulfone groups is 1. The summed E-state index contributed by atoms with van der Waals surface area (Å²) in [4.78, 5) is 0.709. The number of benzene rings is 2. The molecule has 0 bridgehead atoms. The molecule has 2 aromatic carbocycles. The van der Waals surface area contributed by atoms with Crippen molar-refractivity contribution in [2.24, 2.45) is 0 Å². The molecule has 0 unspecified atom stereocenters. The van der Waals surface area contributed by atoms with Crippen LogP contribution in [0.5, 0.6) is 0 Å². The molecule has 4 nitrogen and oxygen atoms in total. The average molecular weight is 475 g/mol. The molecular formula is C28H42O4S. The van der Waals surface area contributed by atoms with Gasteiger partial charge in [0, 0.05) is 0 Å². The Morgan fingerprint density at radius 2 is 0.970 bits per heavy atom. The maximum atomic E-state index is 13.7. The molecule has 0 amide bonds. The van der Waals surface area contributed by atoms with E-state index >= 15 is 0 Å². The predicted octanol–water partition coefficient (Wildman–Crippen LogP) is 6.27. The molecule has 2 N–H and O–H groups in total. The van der Waals surface area contributed by atoms with Crippen LogP contribution in [0, 0.1) is 0 Å². The summed E-state index contributed by atoms with van der Waals surface area (Å²) in [5.74, 6) is 0. The minimum atomic E-state index is -3.68. The molecule has 0 atom stereocenters. The van der Waals surface area contributed by atoms with Crippen molar-refractivity contribution in [2.45, 2.75) is 113 Å². The van der Waals surface area contributed by atoms with Crippen molar-refractivity contribution in [1.82, 2.24) is 0 Å². The first-order chi connectivity index (χ1) is 15.6. The smallest absolute Gasteiger partial charge is 0.207 e. The number of aliphatic hydroxyl groups is 2. The van der Waals surface area contributed by atoms with Crippen LogP contribution in [0.15, 0.2) is 58.3 Å². The molecule has 33 heavy (non-hydrogen) atoms. The summed E-state index contributed by atoms with van der Waals surface area (Å²) in [7, 11) is -3.68. The molecule has 0 saturated carbocycles. The van der Waals surface area contributed by atoms with Gasteiger partial charge in [0.05, 0.1) is 21.0 Å². The van der Waals surface area contributed by atoms with E-state index in [-0.39, 0.29) is 0 Å². The fraction of sp³-hybridized carbons (Fsp3) is 0.571. The van der Waals surface area contributed by atoms with Gasteiger partial charge < -0.3 is 10.2 Å². The quantitative estimate of drug-likeness (QED) is 0.338. The van der Waals surface area contributed by atoms with E-state index in [1.807, 2.05) is 52.0 Å². The first-order valence-corrected chi connectivity index (χ1v) is 14.0. The van der Waals surface area contributed by atoms with Crippen molar-refractivity contribution in [3.8, 4) is 0 Å². The third-order valence-electron chi connectivity index (χ3n) is 7.33. The molecule has 0 saturated heterocycles. The zero-order valence-corrected chi connectivity index (χ0v) is 21.6. The van der Waals surface area contributed by atoms with Gasteiger partial charge in [-0.3, -0.25) is 0 Å². The highest BCUT2D eigenvalue weighted by Crippen LogP contribution is 2.30. The predicted molar refractivity (Wildman–Crippen MR) is 135 cm³/mol. The van der Waals surface area contributed by atoms with Crippen molar-refractivity contribution >= 4 is 9.84 Å². The molecule has 0 aliphatic rings. The number of hydrogen-bond acceptors (Lipinski definition) is 4. The zero-order valence-electron chi connectivity index (χ0n) is 20.8. The van der Waals surface area contributed by atoms with Gasteiger partial charge in [0.25, 0.3) is 0 Å². The van der Waals surface area contributed by atoms with Gasteiger partial charge in [0.15, 0.2) is 0 Å². The van der Waals surface area contributed by atoms with Crippen LogP contribution in [0.2, 0.25) is 0 Å². The van der Waals surface area contributed by atoms with Gasteiger partial charge in [-0.2, -0.15) is 0 Å². The van der Waals surface area contributed by atoms with E-state index in [1.54, 1.807) is 24.3 Å². The Kier molecular flexibility index (Phi) is 10.1. The van der Waals surface area contributed by atoms with Gasteiger partial charge in [-0.15, -0.1) is 0 Å². The van der Waals surface area contributed by atoms with Gasteiger partial charge in [-0.05, 0) is 87.5 Å². The van der Waals surface area contributed by atoms with Crippen molar-refractivity contribution in [3.63, 3.8) is 0 Å². The summed E-state index contributed by atoms with van der Waals surface area (Å²) in [6, 6.07) is 14.5. The lowest BCUT2D eigenvalue weighted by Gasteiger charge is -2.25. The topological polar surface area (TPSA) is 74.6 Å². The number of rotatable bonds is 14. The van der Waals surface area contributed by atoms with Gasteiger partial charge in [-0.25, -0.2) is 8.42 Å². The van der Waals surface area contributed by atoms with Crippen molar-refractivity contribution in [1.29, 1.82) is 0 Å². The molecule has 0 aliphatic heterocycles. The first kappa shape index (κ1) is 27.6. The van der Waals surface area contributed by atoms with E-state index in [1.165, 1.54) is 0 Å². The molecule has 2 rings (SSSR count). The molecule has 0 aliphatic carbocycles. The number of aryl methyl sites for hydroxylation is 2. The van der Waals surface area contributed by atoms with Crippen LogP contribution < -0.4 is 0 Å². The third kappa shape index (κ3) is 7.14. The lowest BCUT2D eigenvalue weighted by Crippen LogP contribution is -2.26. The van der Waals surface area contributed by atoms with Crippen molar-refractivity contribution < 1.29 is 18.6 Å². The zero-order chi connectivity index (χ0) is 24.5. The van der Waals surface area contributed by atoms with E-state index in [0.717, 1.165) is 24.0 Å². The molecule has 184 valence electrons. The Bertz CT molecular complexity index is 899. The van der Waals surface area contributed by atoms with Crippen LogP contribution in [-0.4, -0.2) is 29.8 Å². The lowest BCUT2D eigenvalue weighted by molar-refractivity contribution is 0.0214. The fourth-order valence-electron chi connectivity index (χ4n) is 4.49. The highest BCUT2D eigenvalue weighted by atomic mass is 32.2. The second-order valence-corrected chi connectivity index (χ2v) is 11.2. The normalized spacial score (nSPS) is 12.8. The molecule has 0 radical (unpaired) electrons. The van der Waals surface area contributed by atoms with Crippen LogP contribution in [0.3, 0.4) is 0 Å². The van der Waals surface area contributed by atoms with Gasteiger partial charge in [0.2, 0.25) is 9.84 Å². The first-order valence-electron chi connectivity index (χ1n) is 12.5. The van der Waals surface area contributed by atoms with Gasteiger partial charge >= 0.3 is 0 Å². The summed E-state index contributed by atoms with van der Waals surface area (Å²) >= 11 is 0. The van der Waals surface area contributed by atoms with Crippen LogP contribution >= 0.6 is 0 Å². The Labute approximate surface area is 201 Å². The molecular weight excluding hydrogens is 432 g/mol. The summed E-state index contributed by atoms with van der Waals surface area (Å²) in [6.07, 6.45) is 6.79. The Morgan fingerprint density at radius 3 is 1.30 bits per heavy atom. The molecule has 0 fully saturated rings. The van der Waals surface area contributed by atoms with E-state index in [9.17, 15) is 18.6 Å². The van der Waals surface area contributed by atoms with Crippen LogP contribution in [0.1, 0.15) is 90.2 Å². The van der Waals surface area contributed by atoms with E-state index in [4.69, 9.17) is 0 Å². The minimum Gasteiger partial charge on any atom is -0.390 e. The summed E-state index contributed by atoms with van der Waals surface area (Å²) in [5, 5.41) is 21.2. The summed E-state index contributed by atoms with van der Waals surface area (Å²) in [6.45, 7) is 7.95. The van der Waals surface area contributed by atoms with Crippen molar-refractivity contribution in [3.05, 3.63) is 59.7 Å². The Balaban J connectivity index is 2.25. The van der Waals surface area contributed by atoms with Crippen LogP contribution in [-0.2, 0) is 22.7 Å². The van der Waals surface area contributed by atoms with Crippen LogP contribution in [0.4, 0.5) is 0 Å². The molecule has 2 aromatic rings. The summed E-state index contributed by atoms with van der Waals surface area (Å²) in [5.41, 5.74) is 0.236. The van der Waals surface area contributed by atoms with Crippen molar-refractivity contribution in [2.75, 3.05) is 0 Å². The second kappa shape index (κ2) is 12.1.